The molecule has 0 aliphatic carbocycles. The molecule has 1 aromatic rings. The molecule has 0 bridgehead atoms. The molecule has 0 saturated carbocycles. The van der Waals surface area contributed by atoms with Crippen molar-refractivity contribution in [2.45, 2.75) is 71.2 Å². The Hall–Kier alpha value is -0.850. The standard InChI is InChI=1S/C15H28N2O3S/c1-7-10-17(12(2)3)21(18,19)14-9-8-13(20-14)11-16-15(4,5)6/h8-9,12,16H,7,10-11H2,1-6H3. The van der Waals surface area contributed by atoms with E-state index in [4.69, 9.17) is 4.42 Å². The van der Waals surface area contributed by atoms with E-state index >= 15 is 0 Å². The van der Waals surface area contributed by atoms with Gasteiger partial charge in [0.1, 0.15) is 5.76 Å². The fourth-order valence-electron chi connectivity index (χ4n) is 1.94. The van der Waals surface area contributed by atoms with Crippen LogP contribution in [0.4, 0.5) is 0 Å². The molecule has 0 unspecified atom stereocenters. The van der Waals surface area contributed by atoms with Gasteiger partial charge in [0.25, 0.3) is 10.0 Å². The molecule has 0 atom stereocenters. The predicted molar refractivity (Wildman–Crippen MR) is 84.6 cm³/mol. The van der Waals surface area contributed by atoms with Crippen molar-refractivity contribution in [3.8, 4) is 0 Å². The van der Waals surface area contributed by atoms with Crippen molar-refractivity contribution < 1.29 is 12.8 Å². The van der Waals surface area contributed by atoms with Crippen LogP contribution in [0.2, 0.25) is 0 Å². The molecule has 1 N–H and O–H groups in total. The molecular weight excluding hydrogens is 288 g/mol. The number of hydrogen-bond donors (Lipinski definition) is 1. The topological polar surface area (TPSA) is 62.6 Å². The molecule has 0 amide bonds. The molecule has 0 fully saturated rings. The van der Waals surface area contributed by atoms with Crippen molar-refractivity contribution >= 4 is 10.0 Å². The highest BCUT2D eigenvalue weighted by molar-refractivity contribution is 7.89. The maximum Gasteiger partial charge on any atom is 0.276 e. The van der Waals surface area contributed by atoms with Gasteiger partial charge in [-0.25, -0.2) is 8.42 Å². The second-order valence-electron chi connectivity index (χ2n) is 6.53. The van der Waals surface area contributed by atoms with Gasteiger partial charge in [-0.05, 0) is 53.2 Å². The first-order chi connectivity index (χ1) is 9.58. The molecule has 1 heterocycles. The molecule has 0 spiro atoms. The van der Waals surface area contributed by atoms with Crippen LogP contribution in [0.25, 0.3) is 0 Å². The molecule has 21 heavy (non-hydrogen) atoms. The monoisotopic (exact) mass is 316 g/mol. The summed E-state index contributed by atoms with van der Waals surface area (Å²) in [5.74, 6) is 0.628. The van der Waals surface area contributed by atoms with Crippen molar-refractivity contribution in [2.24, 2.45) is 0 Å². The second-order valence-corrected chi connectivity index (χ2v) is 8.36. The van der Waals surface area contributed by atoms with E-state index in [1.165, 1.54) is 4.31 Å². The zero-order valence-electron chi connectivity index (χ0n) is 13.9. The summed E-state index contributed by atoms with van der Waals surface area (Å²) < 4.78 is 32.2. The Kier molecular flexibility index (Phi) is 6.01. The van der Waals surface area contributed by atoms with Gasteiger partial charge in [-0.1, -0.05) is 6.92 Å². The van der Waals surface area contributed by atoms with Gasteiger partial charge in [-0.2, -0.15) is 4.31 Å². The van der Waals surface area contributed by atoms with Gasteiger partial charge >= 0.3 is 0 Å². The largest absolute Gasteiger partial charge is 0.447 e. The molecule has 0 aromatic carbocycles. The Morgan fingerprint density at radius 1 is 1.29 bits per heavy atom. The summed E-state index contributed by atoms with van der Waals surface area (Å²) in [5.41, 5.74) is -0.0436. The maximum absolute atomic E-state index is 12.6. The van der Waals surface area contributed by atoms with E-state index < -0.39 is 10.0 Å². The van der Waals surface area contributed by atoms with E-state index in [-0.39, 0.29) is 16.7 Å². The van der Waals surface area contributed by atoms with E-state index in [0.29, 0.717) is 18.8 Å². The van der Waals surface area contributed by atoms with Crippen molar-refractivity contribution in [1.82, 2.24) is 9.62 Å². The maximum atomic E-state index is 12.6. The number of nitrogens with zero attached hydrogens (tertiary/aromatic N) is 1. The summed E-state index contributed by atoms with van der Waals surface area (Å²) in [6.07, 6.45) is 0.774. The van der Waals surface area contributed by atoms with Crippen LogP contribution in [0, 0.1) is 0 Å². The molecule has 0 aliphatic rings. The van der Waals surface area contributed by atoms with Crippen molar-refractivity contribution in [3.05, 3.63) is 17.9 Å². The fraction of sp³-hybridized carbons (Fsp3) is 0.733. The van der Waals surface area contributed by atoms with Crippen LogP contribution < -0.4 is 5.32 Å². The van der Waals surface area contributed by atoms with Gasteiger partial charge in [-0.3, -0.25) is 0 Å². The minimum atomic E-state index is -3.56. The first kappa shape index (κ1) is 18.2. The predicted octanol–water partition coefficient (Wildman–Crippen LogP) is 2.98. The van der Waals surface area contributed by atoms with E-state index in [2.05, 4.69) is 26.1 Å². The van der Waals surface area contributed by atoms with Crippen LogP contribution in [-0.2, 0) is 16.6 Å². The first-order valence-electron chi connectivity index (χ1n) is 7.43. The number of furan rings is 1. The number of nitrogens with one attached hydrogen (secondary N) is 1. The van der Waals surface area contributed by atoms with Crippen molar-refractivity contribution in [3.63, 3.8) is 0 Å². The van der Waals surface area contributed by atoms with Crippen LogP contribution in [-0.4, -0.2) is 30.8 Å². The summed E-state index contributed by atoms with van der Waals surface area (Å²) in [6.45, 7) is 12.9. The highest BCUT2D eigenvalue weighted by Crippen LogP contribution is 2.21. The Bertz CT molecular complexity index is 542. The molecule has 1 aromatic heterocycles. The Balaban J connectivity index is 2.92. The number of hydrogen-bond acceptors (Lipinski definition) is 4. The lowest BCUT2D eigenvalue weighted by molar-refractivity contribution is 0.323. The minimum absolute atomic E-state index is 0.0235. The second kappa shape index (κ2) is 6.94. The third-order valence-corrected chi connectivity index (χ3v) is 4.96. The lowest BCUT2D eigenvalue weighted by atomic mass is 10.1. The van der Waals surface area contributed by atoms with E-state index in [9.17, 15) is 8.42 Å². The van der Waals surface area contributed by atoms with Gasteiger partial charge in [0.2, 0.25) is 5.09 Å². The zero-order valence-corrected chi connectivity index (χ0v) is 14.8. The molecule has 6 heteroatoms. The van der Waals surface area contributed by atoms with E-state index in [0.717, 1.165) is 6.42 Å². The van der Waals surface area contributed by atoms with Gasteiger partial charge in [-0.15, -0.1) is 0 Å². The average molecular weight is 316 g/mol. The van der Waals surface area contributed by atoms with E-state index in [1.54, 1.807) is 12.1 Å². The molecule has 0 aliphatic heterocycles. The molecule has 1 rings (SSSR count). The summed E-state index contributed by atoms with van der Waals surface area (Å²) in [7, 11) is -3.56. The Morgan fingerprint density at radius 2 is 1.90 bits per heavy atom. The minimum Gasteiger partial charge on any atom is -0.447 e. The molecule has 122 valence electrons. The molecular formula is C15H28N2O3S. The Labute approximate surface area is 128 Å². The van der Waals surface area contributed by atoms with Gasteiger partial charge in [0.05, 0.1) is 6.54 Å². The summed E-state index contributed by atoms with van der Waals surface area (Å²) >= 11 is 0. The third kappa shape index (κ3) is 5.13. The summed E-state index contributed by atoms with van der Waals surface area (Å²) in [6, 6.07) is 3.17. The average Bonchev–Trinajstić information content (AvgIpc) is 2.81. The van der Waals surface area contributed by atoms with Gasteiger partial charge in [0.15, 0.2) is 0 Å². The molecule has 0 saturated heterocycles. The lowest BCUT2D eigenvalue weighted by Gasteiger charge is -2.24. The fourth-order valence-corrected chi connectivity index (χ4v) is 3.60. The molecule has 0 radical (unpaired) electrons. The van der Waals surface area contributed by atoms with Crippen LogP contribution >= 0.6 is 0 Å². The smallest absolute Gasteiger partial charge is 0.276 e. The van der Waals surface area contributed by atoms with Crippen LogP contribution in [0.1, 0.15) is 53.7 Å². The van der Waals surface area contributed by atoms with Gasteiger partial charge in [0, 0.05) is 18.1 Å². The van der Waals surface area contributed by atoms with Gasteiger partial charge < -0.3 is 9.73 Å². The third-order valence-electron chi connectivity index (χ3n) is 3.01. The molecule has 5 nitrogen and oxygen atoms in total. The SMILES string of the molecule is CCCN(C(C)C)S(=O)(=O)c1ccc(CNC(C)(C)C)o1. The van der Waals surface area contributed by atoms with Crippen LogP contribution in [0.15, 0.2) is 21.6 Å². The van der Waals surface area contributed by atoms with Crippen molar-refractivity contribution in [1.29, 1.82) is 0 Å². The van der Waals surface area contributed by atoms with Crippen LogP contribution in [0.5, 0.6) is 0 Å². The summed E-state index contributed by atoms with van der Waals surface area (Å²) in [5, 5.41) is 3.30. The highest BCUT2D eigenvalue weighted by atomic mass is 32.2. The number of rotatable bonds is 7. The highest BCUT2D eigenvalue weighted by Gasteiger charge is 2.29. The van der Waals surface area contributed by atoms with Crippen LogP contribution in [0.3, 0.4) is 0 Å². The van der Waals surface area contributed by atoms with E-state index in [1.807, 2.05) is 20.8 Å². The lowest BCUT2D eigenvalue weighted by Crippen LogP contribution is -2.37. The normalized spacial score (nSPS) is 13.3. The number of sulfonamides is 1. The first-order valence-corrected chi connectivity index (χ1v) is 8.87. The zero-order chi connectivity index (χ0) is 16.3. The summed E-state index contributed by atoms with van der Waals surface area (Å²) in [4.78, 5) is 0. The Morgan fingerprint density at radius 3 is 2.38 bits per heavy atom. The quantitative estimate of drug-likeness (QED) is 0.840. The van der Waals surface area contributed by atoms with Crippen molar-refractivity contribution in [2.75, 3.05) is 6.54 Å².